The Labute approximate surface area is 202 Å². The molecule has 0 spiro atoms. The van der Waals surface area contributed by atoms with Gasteiger partial charge >= 0.3 is 0 Å². The van der Waals surface area contributed by atoms with Crippen LogP contribution in [0.2, 0.25) is 0 Å². The Kier molecular flexibility index (Phi) is 5.77. The number of ether oxygens (including phenoxy) is 1. The predicted octanol–water partition coefficient (Wildman–Crippen LogP) is 8.59. The maximum absolute atomic E-state index is 15.4. The normalized spacial score (nSPS) is 11.5. The molecule has 0 aromatic heterocycles. The van der Waals surface area contributed by atoms with E-state index in [9.17, 15) is 30.7 Å². The minimum absolute atomic E-state index is 0.0663. The number of halogens is 9. The van der Waals surface area contributed by atoms with Crippen molar-refractivity contribution >= 4 is 21.5 Å². The molecule has 188 valence electrons. The summed E-state index contributed by atoms with van der Waals surface area (Å²) in [6.45, 7) is 0. The third-order valence-electron chi connectivity index (χ3n) is 6.07. The summed E-state index contributed by atoms with van der Waals surface area (Å²) in [4.78, 5) is 0. The predicted molar refractivity (Wildman–Crippen MR) is 119 cm³/mol. The zero-order chi connectivity index (χ0) is 26.8. The number of methoxy groups -OCH3 is 1. The van der Waals surface area contributed by atoms with Gasteiger partial charge in [0.15, 0.2) is 46.5 Å². The van der Waals surface area contributed by atoms with Crippen LogP contribution in [0.4, 0.5) is 39.5 Å². The van der Waals surface area contributed by atoms with Crippen LogP contribution in [-0.4, -0.2) is 7.11 Å². The van der Waals surface area contributed by atoms with Crippen molar-refractivity contribution < 1.29 is 44.3 Å². The Morgan fingerprint density at radius 3 is 1.32 bits per heavy atom. The Balaban J connectivity index is 2.13. The maximum Gasteiger partial charge on any atom is 0.200 e. The van der Waals surface area contributed by atoms with Crippen LogP contribution >= 0.6 is 0 Å². The zero-order valence-corrected chi connectivity index (χ0v) is 18.4. The molecule has 0 amide bonds. The van der Waals surface area contributed by atoms with Crippen molar-refractivity contribution in [2.75, 3.05) is 7.11 Å². The van der Waals surface area contributed by atoms with Gasteiger partial charge in [-0.2, -0.15) is 0 Å². The zero-order valence-electron chi connectivity index (χ0n) is 18.4. The lowest BCUT2D eigenvalue weighted by Gasteiger charge is -2.20. The minimum Gasteiger partial charge on any atom is -0.497 e. The van der Waals surface area contributed by atoms with Crippen molar-refractivity contribution in [3.63, 3.8) is 0 Å². The fourth-order valence-electron chi connectivity index (χ4n) is 4.43. The Morgan fingerprint density at radius 2 is 0.838 bits per heavy atom. The molecule has 0 aliphatic rings. The highest BCUT2D eigenvalue weighted by molar-refractivity contribution is 6.21. The number of hydrogen-bond donors (Lipinski definition) is 0. The monoisotopic (exact) mass is 522 g/mol. The summed E-state index contributed by atoms with van der Waals surface area (Å²) in [5, 5.41) is -2.54. The van der Waals surface area contributed by atoms with E-state index < -0.39 is 74.3 Å². The van der Waals surface area contributed by atoms with Gasteiger partial charge in [-0.3, -0.25) is 0 Å². The van der Waals surface area contributed by atoms with Crippen molar-refractivity contribution in [2.24, 2.45) is 0 Å². The molecule has 0 atom stereocenters. The molecule has 5 rings (SSSR count). The highest BCUT2D eigenvalue weighted by Gasteiger charge is 2.33. The lowest BCUT2D eigenvalue weighted by atomic mass is 9.85. The summed E-state index contributed by atoms with van der Waals surface area (Å²) >= 11 is 0. The summed E-state index contributed by atoms with van der Waals surface area (Å²) in [5.41, 5.74) is -2.74. The third kappa shape index (κ3) is 3.42. The number of hydrogen-bond acceptors (Lipinski definition) is 1. The van der Waals surface area contributed by atoms with E-state index in [0.717, 1.165) is 6.07 Å². The lowest BCUT2D eigenvalue weighted by Crippen LogP contribution is -2.07. The van der Waals surface area contributed by atoms with Gasteiger partial charge in [-0.25, -0.2) is 39.5 Å². The van der Waals surface area contributed by atoms with Crippen molar-refractivity contribution in [1.29, 1.82) is 0 Å². The molecule has 37 heavy (non-hydrogen) atoms. The van der Waals surface area contributed by atoms with E-state index in [4.69, 9.17) is 4.74 Å². The topological polar surface area (TPSA) is 9.23 Å². The molecule has 5 aromatic carbocycles. The van der Waals surface area contributed by atoms with E-state index in [0.29, 0.717) is 5.75 Å². The van der Waals surface area contributed by atoms with Crippen LogP contribution in [0.25, 0.3) is 43.8 Å². The Bertz CT molecular complexity index is 1720. The van der Waals surface area contributed by atoms with E-state index in [1.54, 1.807) is 0 Å². The van der Waals surface area contributed by atoms with Crippen LogP contribution in [0, 0.1) is 52.4 Å². The fraction of sp³-hybridized carbons (Fsp3) is 0.0370. The lowest BCUT2D eigenvalue weighted by molar-refractivity contribution is 0.381. The van der Waals surface area contributed by atoms with E-state index in [1.165, 1.54) is 49.6 Å². The molecule has 1 nitrogen and oxygen atoms in total. The van der Waals surface area contributed by atoms with E-state index in [2.05, 4.69) is 0 Å². The Hall–Kier alpha value is -4.21. The molecule has 0 heterocycles. The van der Waals surface area contributed by atoms with Crippen LogP contribution < -0.4 is 4.74 Å². The van der Waals surface area contributed by atoms with Gasteiger partial charge in [0.25, 0.3) is 0 Å². The van der Waals surface area contributed by atoms with Crippen LogP contribution in [0.5, 0.6) is 5.75 Å². The minimum atomic E-state index is -2.48. The van der Waals surface area contributed by atoms with Gasteiger partial charge in [-0.15, -0.1) is 0 Å². The molecule has 0 fully saturated rings. The number of benzene rings is 5. The second-order valence-electron chi connectivity index (χ2n) is 7.97. The standard InChI is InChI=1S/C27H11F9O/c1-37-11-8-6-10(7-9-11)14-12-4-2-3-5-13(12)15(17-16(14)19(28)23(32)24(33)20(17)29)18-21(30)25(34)27(36)26(35)22(18)31/h2-9H,1H3. The summed E-state index contributed by atoms with van der Waals surface area (Å²) < 4.78 is 137. The van der Waals surface area contributed by atoms with Crippen molar-refractivity contribution in [1.82, 2.24) is 0 Å². The van der Waals surface area contributed by atoms with Gasteiger partial charge in [-0.1, -0.05) is 36.4 Å². The first-order valence-corrected chi connectivity index (χ1v) is 10.5. The first-order chi connectivity index (χ1) is 17.6. The molecule has 10 heteroatoms. The SMILES string of the molecule is COc1ccc(-c2c3ccccc3c(-c3c(F)c(F)c(F)c(F)c3F)c3c(F)c(F)c(F)c(F)c23)cc1. The third-order valence-corrected chi connectivity index (χ3v) is 6.07. The van der Waals surface area contributed by atoms with E-state index in [-0.39, 0.29) is 21.9 Å². The molecule has 0 aliphatic carbocycles. The fourth-order valence-corrected chi connectivity index (χ4v) is 4.43. The molecule has 0 unspecified atom stereocenters. The van der Waals surface area contributed by atoms with Crippen LogP contribution in [0.3, 0.4) is 0 Å². The van der Waals surface area contributed by atoms with Gasteiger partial charge in [0.1, 0.15) is 5.75 Å². The average molecular weight is 522 g/mol. The molecule has 0 N–H and O–H groups in total. The molecule has 0 aliphatic heterocycles. The van der Waals surface area contributed by atoms with Crippen LogP contribution in [0.1, 0.15) is 0 Å². The molecule has 0 bridgehead atoms. The van der Waals surface area contributed by atoms with Crippen molar-refractivity contribution in [2.45, 2.75) is 0 Å². The highest BCUT2D eigenvalue weighted by Crippen LogP contribution is 2.48. The second kappa shape index (κ2) is 8.72. The summed E-state index contributed by atoms with van der Waals surface area (Å²) in [6, 6.07) is 10.8. The molecular formula is C27H11F9O. The summed E-state index contributed by atoms with van der Waals surface area (Å²) in [7, 11) is 1.37. The quantitative estimate of drug-likeness (QED) is 0.0998. The molecule has 0 saturated heterocycles. The summed E-state index contributed by atoms with van der Waals surface area (Å²) in [5.74, 6) is -20.1. The van der Waals surface area contributed by atoms with Crippen molar-refractivity contribution in [3.8, 4) is 28.0 Å². The number of rotatable bonds is 3. The van der Waals surface area contributed by atoms with Crippen molar-refractivity contribution in [3.05, 3.63) is 101 Å². The molecular weight excluding hydrogens is 511 g/mol. The van der Waals surface area contributed by atoms with Crippen LogP contribution in [-0.2, 0) is 0 Å². The van der Waals surface area contributed by atoms with Gasteiger partial charge in [0.05, 0.1) is 12.7 Å². The van der Waals surface area contributed by atoms with Gasteiger partial charge in [0.2, 0.25) is 5.82 Å². The van der Waals surface area contributed by atoms with Gasteiger partial charge in [-0.05, 0) is 28.5 Å². The smallest absolute Gasteiger partial charge is 0.200 e. The van der Waals surface area contributed by atoms with E-state index >= 15 is 8.78 Å². The maximum atomic E-state index is 15.4. The molecule has 0 saturated carbocycles. The average Bonchev–Trinajstić information content (AvgIpc) is 2.92. The van der Waals surface area contributed by atoms with Crippen LogP contribution in [0.15, 0.2) is 48.5 Å². The van der Waals surface area contributed by atoms with Gasteiger partial charge in [0, 0.05) is 21.9 Å². The van der Waals surface area contributed by atoms with Gasteiger partial charge < -0.3 is 4.74 Å². The largest absolute Gasteiger partial charge is 0.497 e. The Morgan fingerprint density at radius 1 is 0.432 bits per heavy atom. The van der Waals surface area contributed by atoms with E-state index in [1.807, 2.05) is 0 Å². The highest BCUT2D eigenvalue weighted by atomic mass is 19.2. The first-order valence-electron chi connectivity index (χ1n) is 10.5. The molecule has 0 radical (unpaired) electrons. The second-order valence-corrected chi connectivity index (χ2v) is 7.97. The molecule has 5 aromatic rings. The summed E-state index contributed by atoms with van der Waals surface area (Å²) in [6.07, 6.45) is 0. The first kappa shape index (κ1) is 24.5. The number of fused-ring (bicyclic) bond motifs is 2.